The summed E-state index contributed by atoms with van der Waals surface area (Å²) in [5.41, 5.74) is 0.935. The first-order valence-electron chi connectivity index (χ1n) is 13.4. The van der Waals surface area contributed by atoms with Gasteiger partial charge in [-0.2, -0.15) is 0 Å². The van der Waals surface area contributed by atoms with Crippen LogP contribution < -0.4 is 5.32 Å². The number of amides is 3. The molecular weight excluding hydrogens is 456 g/mol. The molecule has 1 N–H and O–H groups in total. The van der Waals surface area contributed by atoms with Crippen LogP contribution in [0.5, 0.6) is 0 Å². The molecule has 4 aliphatic carbocycles. The highest BCUT2D eigenvalue weighted by atomic mass is 16.5. The average Bonchev–Trinajstić information content (AvgIpc) is 3.48. The van der Waals surface area contributed by atoms with Crippen molar-refractivity contribution >= 4 is 11.9 Å². The average molecular weight is 497 g/mol. The molecule has 2 heterocycles. The Hall–Kier alpha value is -2.74. The summed E-state index contributed by atoms with van der Waals surface area (Å²) in [4.78, 5) is 30.8. The number of rotatable bonds is 11. The van der Waals surface area contributed by atoms with Gasteiger partial charge in [0.2, 0.25) is 5.91 Å². The van der Waals surface area contributed by atoms with Crippen LogP contribution in [0.4, 0.5) is 4.79 Å². The first kappa shape index (κ1) is 24.9. The Morgan fingerprint density at radius 2 is 1.81 bits per heavy atom. The second-order valence-corrected chi connectivity index (χ2v) is 11.3. The van der Waals surface area contributed by atoms with Crippen molar-refractivity contribution in [2.24, 2.45) is 24.8 Å². The lowest BCUT2D eigenvalue weighted by molar-refractivity contribution is -0.133. The van der Waals surface area contributed by atoms with Crippen molar-refractivity contribution in [3.63, 3.8) is 0 Å². The normalized spacial score (nSPS) is 26.2. The Morgan fingerprint density at radius 3 is 2.39 bits per heavy atom. The van der Waals surface area contributed by atoms with Crippen molar-refractivity contribution in [2.75, 3.05) is 26.8 Å². The molecule has 0 aromatic carbocycles. The molecule has 4 saturated carbocycles. The molecule has 4 aliphatic rings. The number of furan rings is 1. The highest BCUT2D eigenvalue weighted by Gasteiger charge is 2.51. The van der Waals surface area contributed by atoms with Crippen molar-refractivity contribution in [1.82, 2.24) is 19.7 Å². The lowest BCUT2D eigenvalue weighted by Crippen LogP contribution is -2.62. The van der Waals surface area contributed by atoms with E-state index in [4.69, 9.17) is 9.15 Å². The molecule has 0 aliphatic heterocycles. The summed E-state index contributed by atoms with van der Waals surface area (Å²) in [7, 11) is 3.64. The maximum atomic E-state index is 13.6. The van der Waals surface area contributed by atoms with Crippen LogP contribution in [0, 0.1) is 17.8 Å². The predicted octanol–water partition coefficient (Wildman–Crippen LogP) is 4.16. The van der Waals surface area contributed by atoms with Gasteiger partial charge in [-0.05, 0) is 87.0 Å². The van der Waals surface area contributed by atoms with Crippen molar-refractivity contribution in [2.45, 2.75) is 63.6 Å². The molecule has 0 radical (unpaired) electrons. The molecular formula is C28H40N4O4. The number of aromatic nitrogens is 1. The smallest absolute Gasteiger partial charge is 0.318 e. The van der Waals surface area contributed by atoms with E-state index in [1.54, 1.807) is 23.2 Å². The molecule has 2 aromatic heterocycles. The Morgan fingerprint density at radius 1 is 1.08 bits per heavy atom. The van der Waals surface area contributed by atoms with Gasteiger partial charge >= 0.3 is 6.03 Å². The third-order valence-corrected chi connectivity index (χ3v) is 8.48. The van der Waals surface area contributed by atoms with E-state index in [0.29, 0.717) is 32.7 Å². The van der Waals surface area contributed by atoms with Gasteiger partial charge < -0.3 is 28.8 Å². The van der Waals surface area contributed by atoms with Crippen LogP contribution in [0.15, 0.2) is 41.1 Å². The maximum absolute atomic E-state index is 13.6. The summed E-state index contributed by atoms with van der Waals surface area (Å²) in [6.07, 6.45) is 11.5. The third kappa shape index (κ3) is 5.64. The van der Waals surface area contributed by atoms with Crippen LogP contribution in [0.25, 0.3) is 0 Å². The van der Waals surface area contributed by atoms with Crippen LogP contribution in [0.1, 0.15) is 56.4 Å². The van der Waals surface area contributed by atoms with E-state index in [-0.39, 0.29) is 24.0 Å². The fraction of sp³-hybridized carbons (Fsp3) is 0.643. The molecule has 8 heteroatoms. The molecule has 0 unspecified atom stereocenters. The first-order chi connectivity index (χ1) is 17.4. The number of carbonyl (C=O) groups is 2. The van der Waals surface area contributed by atoms with E-state index in [1.807, 2.05) is 42.1 Å². The van der Waals surface area contributed by atoms with Gasteiger partial charge in [0.05, 0.1) is 19.4 Å². The standard InChI is InChI=1S/C28H40N4O4/c1-30-8-3-6-24(30)18-32(19-25-7-4-11-36-25)26(33)20-31(9-5-10-35-2)27(34)29-28-15-21-12-22(16-28)14-23(13-21)17-28/h3-4,6-8,11,21-23H,5,9-10,12-20H2,1-2H3,(H,29,34). The zero-order valence-corrected chi connectivity index (χ0v) is 21.7. The summed E-state index contributed by atoms with van der Waals surface area (Å²) in [5.74, 6) is 2.87. The number of urea groups is 1. The molecule has 196 valence electrons. The van der Waals surface area contributed by atoms with E-state index in [0.717, 1.165) is 48.5 Å². The van der Waals surface area contributed by atoms with Crippen LogP contribution in [0.3, 0.4) is 0 Å². The van der Waals surface area contributed by atoms with E-state index in [1.165, 1.54) is 19.3 Å². The second-order valence-electron chi connectivity index (χ2n) is 11.3. The quantitative estimate of drug-likeness (QED) is 0.474. The van der Waals surface area contributed by atoms with Gasteiger partial charge in [0.1, 0.15) is 12.3 Å². The molecule has 4 bridgehead atoms. The summed E-state index contributed by atoms with van der Waals surface area (Å²) in [6.45, 7) is 1.88. The number of nitrogens with one attached hydrogen (secondary N) is 1. The molecule has 0 atom stereocenters. The SMILES string of the molecule is COCCCN(CC(=O)N(Cc1ccco1)Cc1cccn1C)C(=O)NC12CC3CC(CC(C3)C1)C2. The fourth-order valence-corrected chi connectivity index (χ4v) is 7.16. The highest BCUT2D eigenvalue weighted by molar-refractivity contribution is 5.84. The third-order valence-electron chi connectivity index (χ3n) is 8.48. The molecule has 3 amide bonds. The van der Waals surface area contributed by atoms with Gasteiger partial charge in [0, 0.05) is 44.7 Å². The summed E-state index contributed by atoms with van der Waals surface area (Å²) in [5, 5.41) is 3.45. The van der Waals surface area contributed by atoms with Crippen LogP contribution >= 0.6 is 0 Å². The number of hydrogen-bond acceptors (Lipinski definition) is 4. The monoisotopic (exact) mass is 496 g/mol. The second kappa shape index (κ2) is 10.7. The van der Waals surface area contributed by atoms with Crippen molar-refractivity contribution < 1.29 is 18.7 Å². The van der Waals surface area contributed by atoms with Crippen LogP contribution in [-0.4, -0.2) is 58.7 Å². The van der Waals surface area contributed by atoms with Crippen molar-refractivity contribution in [3.05, 3.63) is 48.2 Å². The maximum Gasteiger partial charge on any atom is 0.318 e. The first-order valence-corrected chi connectivity index (χ1v) is 13.4. The minimum atomic E-state index is -0.113. The van der Waals surface area contributed by atoms with Crippen LogP contribution in [0.2, 0.25) is 0 Å². The predicted molar refractivity (Wildman–Crippen MR) is 136 cm³/mol. The van der Waals surface area contributed by atoms with Gasteiger partial charge in [0.25, 0.3) is 0 Å². The highest BCUT2D eigenvalue weighted by Crippen LogP contribution is 2.55. The number of aryl methyl sites for hydroxylation is 1. The van der Waals surface area contributed by atoms with Gasteiger partial charge in [-0.3, -0.25) is 4.79 Å². The van der Waals surface area contributed by atoms with Crippen molar-refractivity contribution in [3.8, 4) is 0 Å². The molecule has 4 fully saturated rings. The van der Waals surface area contributed by atoms with Crippen molar-refractivity contribution in [1.29, 1.82) is 0 Å². The fourth-order valence-electron chi connectivity index (χ4n) is 7.16. The minimum Gasteiger partial charge on any atom is -0.467 e. The Labute approximate surface area is 213 Å². The Bertz CT molecular complexity index is 995. The summed E-state index contributed by atoms with van der Waals surface area (Å²) in [6, 6.07) is 7.58. The molecule has 8 nitrogen and oxygen atoms in total. The van der Waals surface area contributed by atoms with E-state index in [2.05, 4.69) is 5.32 Å². The minimum absolute atomic E-state index is 0.0348. The van der Waals surface area contributed by atoms with E-state index >= 15 is 0 Å². The lowest BCUT2D eigenvalue weighted by Gasteiger charge is -2.57. The summed E-state index contributed by atoms with van der Waals surface area (Å²) < 4.78 is 12.8. The number of ether oxygens (including phenoxy) is 1. The Kier molecular flexibility index (Phi) is 7.42. The van der Waals surface area contributed by atoms with Gasteiger partial charge in [-0.1, -0.05) is 0 Å². The van der Waals surface area contributed by atoms with Crippen LogP contribution in [-0.2, 0) is 29.7 Å². The zero-order chi connectivity index (χ0) is 25.1. The lowest BCUT2D eigenvalue weighted by atomic mass is 9.53. The number of methoxy groups -OCH3 is 1. The summed E-state index contributed by atoms with van der Waals surface area (Å²) >= 11 is 0. The van der Waals surface area contributed by atoms with Gasteiger partial charge in [-0.25, -0.2) is 4.79 Å². The molecule has 0 saturated heterocycles. The Balaban J connectivity index is 1.29. The molecule has 2 aromatic rings. The topological polar surface area (TPSA) is 80.0 Å². The number of nitrogens with zero attached hydrogens (tertiary/aromatic N) is 3. The van der Waals surface area contributed by atoms with E-state index < -0.39 is 0 Å². The largest absolute Gasteiger partial charge is 0.467 e. The zero-order valence-electron chi connectivity index (χ0n) is 21.7. The van der Waals surface area contributed by atoms with Gasteiger partial charge in [0.15, 0.2) is 0 Å². The molecule has 36 heavy (non-hydrogen) atoms. The molecule has 6 rings (SSSR count). The number of carbonyl (C=O) groups excluding carboxylic acids is 2. The molecule has 0 spiro atoms. The van der Waals surface area contributed by atoms with Gasteiger partial charge in [-0.15, -0.1) is 0 Å². The van der Waals surface area contributed by atoms with E-state index in [9.17, 15) is 9.59 Å². The number of hydrogen-bond donors (Lipinski definition) is 1.